The molecule has 0 amide bonds. The molecule has 1 aliphatic carbocycles. The average molecular weight is 157 g/mol. The van der Waals surface area contributed by atoms with Gasteiger partial charge in [-0.15, -0.1) is 0 Å². The Labute approximate surface area is 67.5 Å². The summed E-state index contributed by atoms with van der Waals surface area (Å²) in [6, 6.07) is 0. The molecule has 0 radical (unpaired) electrons. The summed E-state index contributed by atoms with van der Waals surface area (Å²) in [5.41, 5.74) is 5.28. The van der Waals surface area contributed by atoms with Crippen LogP contribution in [0, 0.1) is 5.92 Å². The topological polar surface area (TPSA) is 26.0 Å². The van der Waals surface area contributed by atoms with Gasteiger partial charge in [-0.2, -0.15) is 0 Å². The van der Waals surface area contributed by atoms with Crippen LogP contribution in [-0.2, 0) is 0 Å². The molecule has 0 spiro atoms. The van der Waals surface area contributed by atoms with Crippen molar-refractivity contribution in [2.24, 2.45) is 11.7 Å². The molecule has 0 heterocycles. The van der Waals surface area contributed by atoms with Crippen LogP contribution in [0.5, 0.6) is 0 Å². The molecule has 0 bridgehead atoms. The molecular formula is C9H16FN. The van der Waals surface area contributed by atoms with E-state index in [1.54, 1.807) is 0 Å². The van der Waals surface area contributed by atoms with Crippen molar-refractivity contribution >= 4 is 0 Å². The Morgan fingerprint density at radius 3 is 2.91 bits per heavy atom. The number of allylic oxidation sites excluding steroid dienone is 2. The third-order valence-electron chi connectivity index (χ3n) is 2.26. The molecular weight excluding hydrogens is 141 g/mol. The van der Waals surface area contributed by atoms with Crippen molar-refractivity contribution in [3.63, 3.8) is 0 Å². The van der Waals surface area contributed by atoms with Gasteiger partial charge in [0.25, 0.3) is 0 Å². The van der Waals surface area contributed by atoms with Gasteiger partial charge < -0.3 is 5.73 Å². The second-order valence-electron chi connectivity index (χ2n) is 3.14. The van der Waals surface area contributed by atoms with Crippen molar-refractivity contribution in [2.75, 3.05) is 6.54 Å². The lowest BCUT2D eigenvalue weighted by atomic mass is 9.89. The summed E-state index contributed by atoms with van der Waals surface area (Å²) in [7, 11) is 0. The molecule has 2 unspecified atom stereocenters. The van der Waals surface area contributed by atoms with Gasteiger partial charge in [0.2, 0.25) is 0 Å². The summed E-state index contributed by atoms with van der Waals surface area (Å²) in [4.78, 5) is 0. The van der Waals surface area contributed by atoms with Crippen molar-refractivity contribution < 1.29 is 4.39 Å². The molecule has 2 heteroatoms. The van der Waals surface area contributed by atoms with Crippen molar-refractivity contribution in [1.29, 1.82) is 0 Å². The maximum atomic E-state index is 13.2. The van der Waals surface area contributed by atoms with Crippen molar-refractivity contribution in [2.45, 2.75) is 31.9 Å². The van der Waals surface area contributed by atoms with Crippen LogP contribution in [-0.4, -0.2) is 12.7 Å². The van der Waals surface area contributed by atoms with Crippen LogP contribution >= 0.6 is 0 Å². The van der Waals surface area contributed by atoms with Gasteiger partial charge in [-0.1, -0.05) is 12.2 Å². The summed E-state index contributed by atoms with van der Waals surface area (Å²) in [6.45, 7) is 0.474. The number of halogens is 1. The Balaban J connectivity index is 2.28. The van der Waals surface area contributed by atoms with E-state index in [1.165, 1.54) is 0 Å². The first-order valence-electron chi connectivity index (χ1n) is 4.33. The quantitative estimate of drug-likeness (QED) is 0.623. The number of rotatable bonds is 3. The fraction of sp³-hybridized carbons (Fsp3) is 0.778. The van der Waals surface area contributed by atoms with Gasteiger partial charge in [0.1, 0.15) is 6.17 Å². The van der Waals surface area contributed by atoms with Crippen LogP contribution in [0.15, 0.2) is 12.2 Å². The highest BCUT2D eigenvalue weighted by atomic mass is 19.1. The van der Waals surface area contributed by atoms with E-state index in [4.69, 9.17) is 5.73 Å². The lowest BCUT2D eigenvalue weighted by molar-refractivity contribution is 0.205. The second-order valence-corrected chi connectivity index (χ2v) is 3.14. The van der Waals surface area contributed by atoms with Gasteiger partial charge in [0.15, 0.2) is 0 Å². The Kier molecular flexibility index (Phi) is 3.57. The molecule has 0 fully saturated rings. The minimum atomic E-state index is -0.676. The predicted molar refractivity (Wildman–Crippen MR) is 45.0 cm³/mol. The first-order chi connectivity index (χ1) is 5.34. The van der Waals surface area contributed by atoms with E-state index in [-0.39, 0.29) is 5.92 Å². The van der Waals surface area contributed by atoms with Gasteiger partial charge in [-0.25, -0.2) is 4.39 Å². The highest BCUT2D eigenvalue weighted by Crippen LogP contribution is 2.25. The Bertz CT molecular complexity index is 134. The van der Waals surface area contributed by atoms with Gasteiger partial charge in [-0.05, 0) is 38.1 Å². The van der Waals surface area contributed by atoms with Crippen LogP contribution in [0.25, 0.3) is 0 Å². The molecule has 2 atom stereocenters. The van der Waals surface area contributed by atoms with E-state index in [2.05, 4.69) is 12.2 Å². The Morgan fingerprint density at radius 1 is 1.55 bits per heavy atom. The van der Waals surface area contributed by atoms with Gasteiger partial charge in [0, 0.05) is 0 Å². The van der Waals surface area contributed by atoms with Gasteiger partial charge in [-0.3, -0.25) is 0 Å². The fourth-order valence-corrected chi connectivity index (χ4v) is 1.54. The van der Waals surface area contributed by atoms with Crippen LogP contribution in [0.2, 0.25) is 0 Å². The zero-order valence-corrected chi connectivity index (χ0v) is 6.80. The molecule has 0 saturated heterocycles. The summed E-state index contributed by atoms with van der Waals surface area (Å²) < 4.78 is 13.2. The van der Waals surface area contributed by atoms with Crippen LogP contribution < -0.4 is 5.73 Å². The van der Waals surface area contributed by atoms with E-state index < -0.39 is 6.17 Å². The Morgan fingerprint density at radius 2 is 2.36 bits per heavy atom. The minimum absolute atomic E-state index is 0.239. The highest BCUT2D eigenvalue weighted by molar-refractivity contribution is 4.92. The number of hydrogen-bond donors (Lipinski definition) is 1. The first-order valence-corrected chi connectivity index (χ1v) is 4.33. The van der Waals surface area contributed by atoms with E-state index in [9.17, 15) is 4.39 Å². The fourth-order valence-electron chi connectivity index (χ4n) is 1.54. The SMILES string of the molecule is NCCC(F)C1CC=CCC1. The molecule has 64 valence electrons. The van der Waals surface area contributed by atoms with Crippen LogP contribution in [0.4, 0.5) is 4.39 Å². The van der Waals surface area contributed by atoms with E-state index >= 15 is 0 Å². The third-order valence-corrected chi connectivity index (χ3v) is 2.26. The smallest absolute Gasteiger partial charge is 0.104 e. The van der Waals surface area contributed by atoms with Gasteiger partial charge in [0.05, 0.1) is 0 Å². The average Bonchev–Trinajstić information content (AvgIpc) is 2.07. The minimum Gasteiger partial charge on any atom is -0.330 e. The maximum absolute atomic E-state index is 13.2. The normalized spacial score (nSPS) is 26.9. The standard InChI is InChI=1S/C9H16FN/c10-9(6-7-11)8-4-2-1-3-5-8/h1-2,8-9H,3-7,11H2. The lowest BCUT2D eigenvalue weighted by Gasteiger charge is -2.21. The number of hydrogen-bond acceptors (Lipinski definition) is 1. The first kappa shape index (κ1) is 8.72. The van der Waals surface area contributed by atoms with Gasteiger partial charge >= 0.3 is 0 Å². The predicted octanol–water partition coefficient (Wildman–Crippen LogP) is 2.03. The largest absolute Gasteiger partial charge is 0.330 e. The summed E-state index contributed by atoms with van der Waals surface area (Å²) >= 11 is 0. The summed E-state index contributed by atoms with van der Waals surface area (Å²) in [5.74, 6) is 0.239. The summed E-state index contributed by atoms with van der Waals surface area (Å²) in [6.07, 6.45) is 7.00. The maximum Gasteiger partial charge on any atom is 0.104 e. The molecule has 0 aliphatic heterocycles. The highest BCUT2D eigenvalue weighted by Gasteiger charge is 2.19. The number of alkyl halides is 1. The Hall–Kier alpha value is -0.370. The summed E-state index contributed by atoms with van der Waals surface area (Å²) in [5, 5.41) is 0. The zero-order chi connectivity index (χ0) is 8.10. The van der Waals surface area contributed by atoms with E-state index in [0.717, 1.165) is 19.3 Å². The molecule has 0 saturated carbocycles. The molecule has 2 N–H and O–H groups in total. The van der Waals surface area contributed by atoms with Crippen molar-refractivity contribution in [3.8, 4) is 0 Å². The molecule has 0 aromatic rings. The van der Waals surface area contributed by atoms with E-state index in [0.29, 0.717) is 13.0 Å². The molecule has 0 aromatic carbocycles. The molecule has 11 heavy (non-hydrogen) atoms. The number of nitrogens with two attached hydrogens (primary N) is 1. The van der Waals surface area contributed by atoms with Crippen LogP contribution in [0.3, 0.4) is 0 Å². The molecule has 1 aliphatic rings. The molecule has 0 aromatic heterocycles. The molecule has 1 rings (SSSR count). The van der Waals surface area contributed by atoms with Crippen molar-refractivity contribution in [1.82, 2.24) is 0 Å². The zero-order valence-electron chi connectivity index (χ0n) is 6.80. The molecule has 1 nitrogen and oxygen atoms in total. The van der Waals surface area contributed by atoms with Crippen molar-refractivity contribution in [3.05, 3.63) is 12.2 Å². The lowest BCUT2D eigenvalue weighted by Crippen LogP contribution is -2.20. The van der Waals surface area contributed by atoms with Crippen LogP contribution in [0.1, 0.15) is 25.7 Å². The monoisotopic (exact) mass is 157 g/mol. The van der Waals surface area contributed by atoms with E-state index in [1.807, 2.05) is 0 Å². The second kappa shape index (κ2) is 4.50. The third kappa shape index (κ3) is 2.62.